The van der Waals surface area contributed by atoms with Gasteiger partial charge in [0, 0.05) is 45.6 Å². The molecule has 8 nitrogen and oxygen atoms in total. The first-order valence-electron chi connectivity index (χ1n) is 7.27. The van der Waals surface area contributed by atoms with E-state index in [0.717, 1.165) is 19.4 Å². The van der Waals surface area contributed by atoms with Crippen LogP contribution >= 0.6 is 0 Å². The molecule has 1 unspecified atom stereocenters. The molecule has 1 saturated heterocycles. The van der Waals surface area contributed by atoms with Gasteiger partial charge in [-0.25, -0.2) is 4.98 Å². The number of aromatic nitrogens is 4. The first kappa shape index (κ1) is 14.7. The van der Waals surface area contributed by atoms with Crippen molar-refractivity contribution < 1.29 is 14.1 Å². The molecule has 0 aliphatic carbocycles. The number of hydrogen-bond donors (Lipinski definition) is 0. The second-order valence-corrected chi connectivity index (χ2v) is 5.43. The van der Waals surface area contributed by atoms with Gasteiger partial charge in [-0.15, -0.1) is 0 Å². The van der Waals surface area contributed by atoms with Crippen molar-refractivity contribution in [2.45, 2.75) is 25.4 Å². The number of ether oxygens (including phenoxy) is 1. The smallest absolute Gasteiger partial charge is 0.289 e. The molecule has 1 aliphatic heterocycles. The van der Waals surface area contributed by atoms with Crippen LogP contribution in [0.1, 0.15) is 41.1 Å². The second-order valence-electron chi connectivity index (χ2n) is 5.43. The zero-order chi connectivity index (χ0) is 15.5. The van der Waals surface area contributed by atoms with E-state index in [4.69, 9.17) is 9.26 Å². The number of hydrogen-bond acceptors (Lipinski definition) is 6. The van der Waals surface area contributed by atoms with Crippen molar-refractivity contribution in [3.8, 4) is 0 Å². The summed E-state index contributed by atoms with van der Waals surface area (Å²) in [4.78, 5) is 22.8. The Hall–Kier alpha value is -2.22. The molecule has 3 heterocycles. The van der Waals surface area contributed by atoms with Gasteiger partial charge in [-0.05, 0) is 12.8 Å². The number of piperidine rings is 1. The standard InChI is InChI=1S/C14H19N5O3/c1-18-7-5-15-13(18)14(20)19-6-3-4-10(8-19)12-16-11(9-21-2)22-17-12/h5,7,10H,3-4,6,8-9H2,1-2H3. The largest absolute Gasteiger partial charge is 0.375 e. The SMILES string of the molecule is COCc1nc(C2CCCN(C(=O)c3nccn3C)C2)no1. The zero-order valence-electron chi connectivity index (χ0n) is 12.7. The van der Waals surface area contributed by atoms with Gasteiger partial charge in [0.25, 0.3) is 11.8 Å². The average molecular weight is 305 g/mol. The Morgan fingerprint density at radius 1 is 1.55 bits per heavy atom. The fraction of sp³-hybridized carbons (Fsp3) is 0.571. The predicted molar refractivity (Wildman–Crippen MR) is 76.1 cm³/mol. The highest BCUT2D eigenvalue weighted by Crippen LogP contribution is 2.25. The van der Waals surface area contributed by atoms with Crippen molar-refractivity contribution in [3.63, 3.8) is 0 Å². The van der Waals surface area contributed by atoms with Crippen molar-refractivity contribution >= 4 is 5.91 Å². The van der Waals surface area contributed by atoms with Crippen molar-refractivity contribution in [3.05, 3.63) is 29.9 Å². The van der Waals surface area contributed by atoms with Gasteiger partial charge in [-0.2, -0.15) is 4.98 Å². The highest BCUT2D eigenvalue weighted by atomic mass is 16.5. The molecular formula is C14H19N5O3. The number of carbonyl (C=O) groups is 1. The molecule has 1 fully saturated rings. The van der Waals surface area contributed by atoms with E-state index < -0.39 is 0 Å². The summed E-state index contributed by atoms with van der Waals surface area (Å²) >= 11 is 0. The fourth-order valence-electron chi connectivity index (χ4n) is 2.70. The third-order valence-electron chi connectivity index (χ3n) is 3.84. The molecular weight excluding hydrogens is 286 g/mol. The Balaban J connectivity index is 1.71. The molecule has 0 N–H and O–H groups in total. The predicted octanol–water partition coefficient (Wildman–Crippen LogP) is 0.969. The van der Waals surface area contributed by atoms with Gasteiger partial charge in [0.1, 0.15) is 6.61 Å². The number of carbonyl (C=O) groups excluding carboxylic acids is 1. The molecule has 1 aliphatic rings. The van der Waals surface area contributed by atoms with Gasteiger partial charge < -0.3 is 18.7 Å². The lowest BCUT2D eigenvalue weighted by molar-refractivity contribution is 0.0687. The summed E-state index contributed by atoms with van der Waals surface area (Å²) < 4.78 is 11.9. The molecule has 0 saturated carbocycles. The van der Waals surface area contributed by atoms with Crippen LogP contribution in [0.5, 0.6) is 0 Å². The van der Waals surface area contributed by atoms with Crippen LogP contribution in [0.15, 0.2) is 16.9 Å². The molecule has 0 spiro atoms. The van der Waals surface area contributed by atoms with E-state index in [2.05, 4.69) is 15.1 Å². The molecule has 0 radical (unpaired) electrons. The van der Waals surface area contributed by atoms with E-state index in [1.54, 1.807) is 24.1 Å². The highest BCUT2D eigenvalue weighted by Gasteiger charge is 2.29. The lowest BCUT2D eigenvalue weighted by Gasteiger charge is -2.30. The van der Waals surface area contributed by atoms with Crippen LogP contribution in [0.4, 0.5) is 0 Å². The maximum atomic E-state index is 12.5. The van der Waals surface area contributed by atoms with Crippen molar-refractivity contribution in [2.75, 3.05) is 20.2 Å². The van der Waals surface area contributed by atoms with Gasteiger partial charge in [0.05, 0.1) is 0 Å². The van der Waals surface area contributed by atoms with Gasteiger partial charge in [0.15, 0.2) is 11.6 Å². The van der Waals surface area contributed by atoms with Gasteiger partial charge >= 0.3 is 0 Å². The molecule has 3 rings (SSSR count). The summed E-state index contributed by atoms with van der Waals surface area (Å²) in [5.41, 5.74) is 0. The number of amides is 1. The molecule has 2 aromatic heterocycles. The van der Waals surface area contributed by atoms with Crippen LogP contribution in [-0.2, 0) is 18.4 Å². The van der Waals surface area contributed by atoms with E-state index in [0.29, 0.717) is 30.7 Å². The minimum atomic E-state index is -0.0576. The van der Waals surface area contributed by atoms with Crippen LogP contribution in [-0.4, -0.2) is 50.7 Å². The van der Waals surface area contributed by atoms with Gasteiger partial charge in [-0.3, -0.25) is 4.79 Å². The van der Waals surface area contributed by atoms with E-state index in [9.17, 15) is 4.79 Å². The number of nitrogens with zero attached hydrogens (tertiary/aromatic N) is 5. The number of aryl methyl sites for hydroxylation is 1. The van der Waals surface area contributed by atoms with Crippen LogP contribution in [0.2, 0.25) is 0 Å². The van der Waals surface area contributed by atoms with Crippen molar-refractivity contribution in [2.24, 2.45) is 7.05 Å². The molecule has 118 valence electrons. The van der Waals surface area contributed by atoms with E-state index in [-0.39, 0.29) is 11.8 Å². The van der Waals surface area contributed by atoms with Crippen LogP contribution in [0, 0.1) is 0 Å². The van der Waals surface area contributed by atoms with E-state index in [1.165, 1.54) is 0 Å². The number of rotatable bonds is 4. The third-order valence-corrected chi connectivity index (χ3v) is 3.84. The average Bonchev–Trinajstić information content (AvgIpc) is 3.16. The Bertz CT molecular complexity index is 650. The fourth-order valence-corrected chi connectivity index (χ4v) is 2.70. The molecule has 2 aromatic rings. The van der Waals surface area contributed by atoms with Crippen molar-refractivity contribution in [1.29, 1.82) is 0 Å². The molecule has 22 heavy (non-hydrogen) atoms. The minimum absolute atomic E-state index is 0.0576. The Kier molecular flexibility index (Phi) is 4.19. The Morgan fingerprint density at radius 2 is 2.41 bits per heavy atom. The van der Waals surface area contributed by atoms with Crippen LogP contribution < -0.4 is 0 Å². The topological polar surface area (TPSA) is 86.3 Å². The zero-order valence-corrected chi connectivity index (χ0v) is 12.7. The Labute approximate surface area is 128 Å². The molecule has 0 aromatic carbocycles. The van der Waals surface area contributed by atoms with E-state index >= 15 is 0 Å². The summed E-state index contributed by atoms with van der Waals surface area (Å²) in [6.07, 6.45) is 5.25. The quantitative estimate of drug-likeness (QED) is 0.836. The summed E-state index contributed by atoms with van der Waals surface area (Å²) in [5.74, 6) is 1.59. The van der Waals surface area contributed by atoms with Gasteiger partial charge in [-0.1, -0.05) is 5.16 Å². The maximum absolute atomic E-state index is 12.5. The number of imidazole rings is 1. The molecule has 1 amide bonds. The summed E-state index contributed by atoms with van der Waals surface area (Å²) in [6.45, 7) is 1.61. The van der Waals surface area contributed by atoms with Crippen LogP contribution in [0.25, 0.3) is 0 Å². The van der Waals surface area contributed by atoms with Gasteiger partial charge in [0.2, 0.25) is 0 Å². The molecule has 1 atom stereocenters. The Morgan fingerprint density at radius 3 is 3.14 bits per heavy atom. The third kappa shape index (κ3) is 2.87. The van der Waals surface area contributed by atoms with Crippen LogP contribution in [0.3, 0.4) is 0 Å². The lowest BCUT2D eigenvalue weighted by Crippen LogP contribution is -2.40. The highest BCUT2D eigenvalue weighted by molar-refractivity contribution is 5.90. The summed E-state index contributed by atoms with van der Waals surface area (Å²) in [6, 6.07) is 0. The lowest BCUT2D eigenvalue weighted by atomic mass is 9.97. The molecule has 0 bridgehead atoms. The normalized spacial score (nSPS) is 18.6. The number of likely N-dealkylation sites (tertiary alicyclic amines) is 1. The summed E-state index contributed by atoms with van der Waals surface area (Å²) in [7, 11) is 3.40. The number of methoxy groups -OCH3 is 1. The first-order chi connectivity index (χ1) is 10.7. The summed E-state index contributed by atoms with van der Waals surface area (Å²) in [5, 5.41) is 4.01. The van der Waals surface area contributed by atoms with E-state index in [1.807, 2.05) is 11.9 Å². The maximum Gasteiger partial charge on any atom is 0.289 e. The molecule has 8 heteroatoms. The second kappa shape index (κ2) is 6.27. The minimum Gasteiger partial charge on any atom is -0.375 e. The first-order valence-corrected chi connectivity index (χ1v) is 7.27. The van der Waals surface area contributed by atoms with Crippen molar-refractivity contribution in [1.82, 2.24) is 24.6 Å². The monoisotopic (exact) mass is 305 g/mol.